The normalized spacial score (nSPS) is 14.8. The fraction of sp³-hybridized carbons (Fsp3) is 0.419. The van der Waals surface area contributed by atoms with Gasteiger partial charge in [-0.25, -0.2) is 0 Å². The Bertz CT molecular complexity index is 1640. The van der Waals surface area contributed by atoms with Crippen molar-refractivity contribution >= 4 is 22.7 Å². The number of rotatable bonds is 8. The number of nitrogens with zero attached hydrogens (tertiary/aromatic N) is 3. The van der Waals surface area contributed by atoms with Crippen LogP contribution in [0, 0.1) is 26.7 Å². The van der Waals surface area contributed by atoms with E-state index in [1.165, 1.54) is 7.11 Å². The van der Waals surface area contributed by atoms with Crippen LogP contribution in [-0.4, -0.2) is 51.6 Å². The lowest BCUT2D eigenvalue weighted by atomic mass is 9.89. The van der Waals surface area contributed by atoms with Gasteiger partial charge in [0.05, 0.1) is 36.9 Å². The number of hydrogen-bond donors (Lipinski definition) is 2. The monoisotopic (exact) mass is 559 g/mol. The molecule has 0 unspecified atom stereocenters. The largest absolute Gasteiger partial charge is 0.496 e. The number of nitrogens with one attached hydrogen (secondary N) is 2. The third-order valence-corrected chi connectivity index (χ3v) is 8.24. The molecule has 5 rings (SSSR count). The van der Waals surface area contributed by atoms with E-state index in [9.17, 15) is 14.4 Å². The molecule has 1 atom stereocenters. The Kier molecular flexibility index (Phi) is 8.01. The highest BCUT2D eigenvalue weighted by Crippen LogP contribution is 2.36. The molecule has 3 aromatic heterocycles. The van der Waals surface area contributed by atoms with Crippen LogP contribution in [-0.2, 0) is 17.8 Å². The number of hydrogen-bond acceptors (Lipinski definition) is 6. The zero-order valence-corrected chi connectivity index (χ0v) is 24.2. The maximum absolute atomic E-state index is 13.6. The van der Waals surface area contributed by atoms with Crippen LogP contribution >= 0.6 is 0 Å². The number of benzene rings is 1. The number of carbonyl (C=O) groups is 2. The predicted octanol–water partition coefficient (Wildman–Crippen LogP) is 4.22. The second-order valence-electron chi connectivity index (χ2n) is 10.9. The standard InChI is InChI=1S/C31H37N5O5/c1-18-15-27(40-5)25(30(38)33-18)17-32-31(39)29-21(4)36(26-9-7-6-8-24(26)29)20(3)22-10-12-35(13-11-22)28(37)16-23-14-19(2)34-41-23/h6-9,14-15,20,22H,10-13,16-17H2,1-5H3,(H,32,39)(H,33,38)/t20-/m1/s1. The summed E-state index contributed by atoms with van der Waals surface area (Å²) in [6.07, 6.45) is 1.96. The summed E-state index contributed by atoms with van der Waals surface area (Å²) in [6.45, 7) is 9.20. The van der Waals surface area contributed by atoms with Crippen LogP contribution in [0.5, 0.6) is 5.75 Å². The average molecular weight is 560 g/mol. The van der Waals surface area contributed by atoms with Gasteiger partial charge in [-0.1, -0.05) is 23.4 Å². The third-order valence-electron chi connectivity index (χ3n) is 8.24. The molecule has 0 bridgehead atoms. The highest BCUT2D eigenvalue weighted by atomic mass is 16.5. The second kappa shape index (κ2) is 11.6. The molecule has 216 valence electrons. The molecule has 0 aliphatic carbocycles. The molecule has 1 aromatic carbocycles. The molecule has 10 heteroatoms. The van der Waals surface area contributed by atoms with Crippen LogP contribution in [0.2, 0.25) is 0 Å². The molecule has 1 fully saturated rings. The van der Waals surface area contributed by atoms with Crippen molar-refractivity contribution in [1.82, 2.24) is 24.9 Å². The number of aryl methyl sites for hydroxylation is 2. The van der Waals surface area contributed by atoms with Gasteiger partial charge in [-0.2, -0.15) is 0 Å². The maximum atomic E-state index is 13.6. The van der Waals surface area contributed by atoms with Crippen LogP contribution in [0.15, 0.2) is 45.7 Å². The Labute approximate surface area is 238 Å². The van der Waals surface area contributed by atoms with Gasteiger partial charge in [0.15, 0.2) is 0 Å². The van der Waals surface area contributed by atoms with Gasteiger partial charge in [-0.05, 0) is 58.6 Å². The van der Waals surface area contributed by atoms with E-state index in [4.69, 9.17) is 9.26 Å². The molecule has 1 saturated heterocycles. The molecule has 1 aliphatic heterocycles. The summed E-state index contributed by atoms with van der Waals surface area (Å²) in [5, 5.41) is 7.69. The molecule has 10 nitrogen and oxygen atoms in total. The van der Waals surface area contributed by atoms with Crippen molar-refractivity contribution in [3.63, 3.8) is 0 Å². The summed E-state index contributed by atoms with van der Waals surface area (Å²) in [6, 6.07) is 11.6. The van der Waals surface area contributed by atoms with Gasteiger partial charge in [0, 0.05) is 47.5 Å². The number of aromatic amines is 1. The van der Waals surface area contributed by atoms with Gasteiger partial charge in [0.25, 0.3) is 11.5 Å². The molecular weight excluding hydrogens is 522 g/mol. The first-order valence-electron chi connectivity index (χ1n) is 14.0. The van der Waals surface area contributed by atoms with Crippen LogP contribution in [0.1, 0.15) is 64.6 Å². The molecule has 1 aliphatic rings. The number of aromatic nitrogens is 3. The molecular formula is C31H37N5O5. The number of likely N-dealkylation sites (tertiary alicyclic amines) is 1. The van der Waals surface area contributed by atoms with E-state index >= 15 is 0 Å². The third kappa shape index (κ3) is 5.64. The number of H-pyrrole nitrogens is 1. The number of fused-ring (bicyclic) bond motifs is 1. The minimum atomic E-state index is -0.282. The Morgan fingerprint density at radius 2 is 1.90 bits per heavy atom. The van der Waals surface area contributed by atoms with Gasteiger partial charge in [0.2, 0.25) is 5.91 Å². The molecule has 4 heterocycles. The lowest BCUT2D eigenvalue weighted by Crippen LogP contribution is -2.40. The van der Waals surface area contributed by atoms with E-state index in [1.54, 1.807) is 19.1 Å². The number of piperidine rings is 1. The van der Waals surface area contributed by atoms with E-state index in [0.717, 1.165) is 35.1 Å². The van der Waals surface area contributed by atoms with Gasteiger partial charge in [-0.15, -0.1) is 0 Å². The van der Waals surface area contributed by atoms with Crippen molar-refractivity contribution in [2.24, 2.45) is 5.92 Å². The van der Waals surface area contributed by atoms with Crippen LogP contribution in [0.25, 0.3) is 10.9 Å². The molecule has 2 N–H and O–H groups in total. The van der Waals surface area contributed by atoms with Crippen molar-refractivity contribution in [3.8, 4) is 5.75 Å². The van der Waals surface area contributed by atoms with Crippen LogP contribution in [0.3, 0.4) is 0 Å². The Balaban J connectivity index is 1.32. The SMILES string of the molecule is COc1cc(C)[nH]c(=O)c1CNC(=O)c1c(C)n([C@H](C)C2CCN(C(=O)Cc3cc(C)no3)CC2)c2ccccc12. The Hall–Kier alpha value is -4.34. The van der Waals surface area contributed by atoms with E-state index in [1.807, 2.05) is 43.0 Å². The summed E-state index contributed by atoms with van der Waals surface area (Å²) in [5.41, 5.74) is 4.02. The number of methoxy groups -OCH3 is 1. The van der Waals surface area contributed by atoms with E-state index < -0.39 is 0 Å². The highest BCUT2D eigenvalue weighted by Gasteiger charge is 2.31. The Morgan fingerprint density at radius 1 is 1.17 bits per heavy atom. The first kappa shape index (κ1) is 28.2. The van der Waals surface area contributed by atoms with Crippen molar-refractivity contribution in [2.45, 2.75) is 59.5 Å². The summed E-state index contributed by atoms with van der Waals surface area (Å²) in [7, 11) is 1.51. The highest BCUT2D eigenvalue weighted by molar-refractivity contribution is 6.08. The fourth-order valence-electron chi connectivity index (χ4n) is 6.10. The topological polar surface area (TPSA) is 122 Å². The summed E-state index contributed by atoms with van der Waals surface area (Å²) in [5.74, 6) is 1.19. The van der Waals surface area contributed by atoms with Crippen molar-refractivity contribution in [2.75, 3.05) is 20.2 Å². The Morgan fingerprint density at radius 3 is 2.59 bits per heavy atom. The zero-order valence-electron chi connectivity index (χ0n) is 24.2. The van der Waals surface area contributed by atoms with Gasteiger partial charge in [-0.3, -0.25) is 14.4 Å². The van der Waals surface area contributed by atoms with Crippen LogP contribution < -0.4 is 15.6 Å². The number of pyridine rings is 1. The van der Waals surface area contributed by atoms with Crippen molar-refractivity contribution < 1.29 is 18.8 Å². The first-order valence-corrected chi connectivity index (χ1v) is 14.0. The zero-order chi connectivity index (χ0) is 29.3. The number of carbonyl (C=O) groups excluding carboxylic acids is 2. The number of amides is 2. The van der Waals surface area contributed by atoms with Gasteiger partial charge in [0.1, 0.15) is 11.5 Å². The van der Waals surface area contributed by atoms with Gasteiger partial charge >= 0.3 is 0 Å². The summed E-state index contributed by atoms with van der Waals surface area (Å²) < 4.78 is 12.9. The lowest BCUT2D eigenvalue weighted by molar-refractivity contribution is -0.132. The lowest BCUT2D eigenvalue weighted by Gasteiger charge is -2.36. The smallest absolute Gasteiger partial charge is 0.256 e. The molecule has 4 aromatic rings. The molecule has 0 saturated carbocycles. The van der Waals surface area contributed by atoms with Crippen molar-refractivity contribution in [1.29, 1.82) is 0 Å². The van der Waals surface area contributed by atoms with E-state index in [0.29, 0.717) is 47.3 Å². The minimum Gasteiger partial charge on any atom is -0.496 e. The van der Waals surface area contributed by atoms with E-state index in [-0.39, 0.29) is 36.4 Å². The first-order chi connectivity index (χ1) is 19.7. The number of ether oxygens (including phenoxy) is 1. The summed E-state index contributed by atoms with van der Waals surface area (Å²) >= 11 is 0. The number of para-hydroxylation sites is 1. The van der Waals surface area contributed by atoms with Crippen molar-refractivity contribution in [3.05, 3.63) is 80.7 Å². The molecule has 2 amide bonds. The second-order valence-corrected chi connectivity index (χ2v) is 10.9. The van der Waals surface area contributed by atoms with Gasteiger partial charge < -0.3 is 29.0 Å². The van der Waals surface area contributed by atoms with E-state index in [2.05, 4.69) is 26.9 Å². The maximum Gasteiger partial charge on any atom is 0.256 e. The average Bonchev–Trinajstić information content (AvgIpc) is 3.50. The quantitative estimate of drug-likeness (QED) is 0.333. The summed E-state index contributed by atoms with van der Waals surface area (Å²) in [4.78, 5) is 43.6. The molecule has 0 spiro atoms. The van der Waals surface area contributed by atoms with Crippen LogP contribution in [0.4, 0.5) is 0 Å². The molecule has 0 radical (unpaired) electrons. The minimum absolute atomic E-state index is 0.0479. The molecule has 41 heavy (non-hydrogen) atoms. The fourth-order valence-corrected chi connectivity index (χ4v) is 6.10. The predicted molar refractivity (Wildman–Crippen MR) is 155 cm³/mol.